The molecule has 2 unspecified atom stereocenters. The summed E-state index contributed by atoms with van der Waals surface area (Å²) in [6, 6.07) is 7.83. The molecule has 6 nitrogen and oxygen atoms in total. The maximum absolute atomic E-state index is 12.9. The monoisotopic (exact) mass is 331 g/mol. The fourth-order valence-corrected chi connectivity index (χ4v) is 3.46. The average Bonchev–Trinajstić information content (AvgIpc) is 3.04. The Labute approximate surface area is 142 Å². The molecule has 3 N–H and O–H groups in total. The Morgan fingerprint density at radius 1 is 1.29 bits per heavy atom. The van der Waals surface area contributed by atoms with Gasteiger partial charge in [-0.1, -0.05) is 18.2 Å². The molecular weight excluding hydrogens is 306 g/mol. The first-order chi connectivity index (χ1) is 11.7. The molecule has 24 heavy (non-hydrogen) atoms. The summed E-state index contributed by atoms with van der Waals surface area (Å²) in [7, 11) is 0. The number of nitrogens with two attached hydrogens (primary N) is 1. The van der Waals surface area contributed by atoms with Crippen LogP contribution in [0.4, 0.5) is 0 Å². The molecule has 0 aromatic heterocycles. The molecule has 0 radical (unpaired) electrons. The van der Waals surface area contributed by atoms with Gasteiger partial charge >= 0.3 is 0 Å². The zero-order chi connectivity index (χ0) is 16.9. The van der Waals surface area contributed by atoms with Gasteiger partial charge in [0.25, 0.3) is 5.91 Å². The van der Waals surface area contributed by atoms with E-state index in [1.807, 2.05) is 29.2 Å². The van der Waals surface area contributed by atoms with Crippen LogP contribution >= 0.6 is 0 Å². The molecule has 0 bridgehead atoms. The summed E-state index contributed by atoms with van der Waals surface area (Å²) < 4.78 is 5.84. The van der Waals surface area contributed by atoms with E-state index in [9.17, 15) is 9.59 Å². The number of nitrogens with one attached hydrogen (secondary N) is 1. The zero-order valence-electron chi connectivity index (χ0n) is 13.9. The van der Waals surface area contributed by atoms with Crippen molar-refractivity contribution in [1.29, 1.82) is 0 Å². The molecule has 2 amide bonds. The second-order valence-corrected chi connectivity index (χ2v) is 6.44. The Morgan fingerprint density at radius 2 is 2.12 bits per heavy atom. The number of carbonyl (C=O) groups is 2. The number of hydrogen-bond acceptors (Lipinski definition) is 4. The number of ether oxygens (including phenoxy) is 1. The lowest BCUT2D eigenvalue weighted by molar-refractivity contribution is -0.142. The largest absolute Gasteiger partial charge is 0.480 e. The number of rotatable bonds is 5. The lowest BCUT2D eigenvalue weighted by Crippen LogP contribution is -2.53. The molecule has 3 rings (SSSR count). The first kappa shape index (κ1) is 16.8. The van der Waals surface area contributed by atoms with Gasteiger partial charge in [0.1, 0.15) is 5.75 Å². The summed E-state index contributed by atoms with van der Waals surface area (Å²) in [5, 5.41) is 2.89. The van der Waals surface area contributed by atoms with Crippen LogP contribution in [0.1, 0.15) is 31.2 Å². The Bertz CT molecular complexity index is 580. The van der Waals surface area contributed by atoms with Crippen molar-refractivity contribution in [2.24, 2.45) is 5.73 Å². The SMILES string of the molecule is NCCC(=O)NCC1CCCCN1C(=O)C1Cc2ccccc2O1. The van der Waals surface area contributed by atoms with E-state index in [1.165, 1.54) is 0 Å². The van der Waals surface area contributed by atoms with E-state index >= 15 is 0 Å². The number of likely N-dealkylation sites (tertiary alicyclic amines) is 1. The highest BCUT2D eigenvalue weighted by molar-refractivity contribution is 5.83. The summed E-state index contributed by atoms with van der Waals surface area (Å²) in [6.07, 6.45) is 3.49. The molecule has 1 aromatic carbocycles. The van der Waals surface area contributed by atoms with Crippen LogP contribution in [0.25, 0.3) is 0 Å². The number of amides is 2. The Balaban J connectivity index is 1.61. The van der Waals surface area contributed by atoms with Crippen molar-refractivity contribution in [2.45, 2.75) is 44.2 Å². The fourth-order valence-electron chi connectivity index (χ4n) is 3.46. The van der Waals surface area contributed by atoms with Gasteiger partial charge in [-0.2, -0.15) is 0 Å². The topological polar surface area (TPSA) is 84.7 Å². The van der Waals surface area contributed by atoms with Gasteiger partial charge in [-0.25, -0.2) is 0 Å². The molecular formula is C18H25N3O3. The van der Waals surface area contributed by atoms with Crippen LogP contribution in [0.2, 0.25) is 0 Å². The highest BCUT2D eigenvalue weighted by Gasteiger charge is 2.36. The van der Waals surface area contributed by atoms with Gasteiger partial charge in [-0.3, -0.25) is 9.59 Å². The van der Waals surface area contributed by atoms with Gasteiger partial charge in [0.2, 0.25) is 5.91 Å². The molecule has 2 atom stereocenters. The van der Waals surface area contributed by atoms with Crippen molar-refractivity contribution >= 4 is 11.8 Å². The molecule has 6 heteroatoms. The molecule has 1 fully saturated rings. The summed E-state index contributed by atoms with van der Waals surface area (Å²) in [5.41, 5.74) is 6.48. The summed E-state index contributed by atoms with van der Waals surface area (Å²) in [4.78, 5) is 26.5. The van der Waals surface area contributed by atoms with Gasteiger partial charge < -0.3 is 20.7 Å². The minimum absolute atomic E-state index is 0.0315. The molecule has 2 aliphatic rings. The number of fused-ring (bicyclic) bond motifs is 1. The fraction of sp³-hybridized carbons (Fsp3) is 0.556. The Hall–Kier alpha value is -2.08. The van der Waals surface area contributed by atoms with Crippen LogP contribution in [0, 0.1) is 0 Å². The van der Waals surface area contributed by atoms with E-state index in [0.29, 0.717) is 25.9 Å². The van der Waals surface area contributed by atoms with Crippen molar-refractivity contribution in [3.8, 4) is 5.75 Å². The second-order valence-electron chi connectivity index (χ2n) is 6.44. The van der Waals surface area contributed by atoms with Crippen molar-refractivity contribution in [3.05, 3.63) is 29.8 Å². The van der Waals surface area contributed by atoms with E-state index in [1.54, 1.807) is 0 Å². The van der Waals surface area contributed by atoms with E-state index < -0.39 is 6.10 Å². The first-order valence-corrected chi connectivity index (χ1v) is 8.71. The van der Waals surface area contributed by atoms with Crippen LogP contribution in [-0.4, -0.2) is 48.5 Å². The standard InChI is InChI=1S/C18H25N3O3/c19-9-8-17(22)20-12-14-6-3-4-10-21(14)18(23)16-11-13-5-1-2-7-15(13)24-16/h1-2,5,7,14,16H,3-4,6,8-12,19H2,(H,20,22). The van der Waals surface area contributed by atoms with Crippen LogP contribution in [-0.2, 0) is 16.0 Å². The van der Waals surface area contributed by atoms with Gasteiger partial charge in [-0.15, -0.1) is 0 Å². The van der Waals surface area contributed by atoms with E-state index in [2.05, 4.69) is 5.32 Å². The van der Waals surface area contributed by atoms with Crippen LogP contribution in [0.5, 0.6) is 5.75 Å². The van der Waals surface area contributed by atoms with E-state index in [-0.39, 0.29) is 17.9 Å². The zero-order valence-corrected chi connectivity index (χ0v) is 13.9. The minimum Gasteiger partial charge on any atom is -0.480 e. The molecule has 0 aliphatic carbocycles. The average molecular weight is 331 g/mol. The van der Waals surface area contributed by atoms with Gasteiger partial charge in [0.15, 0.2) is 6.10 Å². The van der Waals surface area contributed by atoms with Gasteiger partial charge in [0.05, 0.1) is 0 Å². The highest BCUT2D eigenvalue weighted by atomic mass is 16.5. The number of carbonyl (C=O) groups excluding carboxylic acids is 2. The maximum atomic E-state index is 12.9. The van der Waals surface area contributed by atoms with Crippen LogP contribution in [0.3, 0.4) is 0 Å². The third-order valence-corrected chi connectivity index (χ3v) is 4.74. The minimum atomic E-state index is -0.442. The quantitative estimate of drug-likeness (QED) is 0.837. The van der Waals surface area contributed by atoms with E-state index in [4.69, 9.17) is 10.5 Å². The van der Waals surface area contributed by atoms with Crippen molar-refractivity contribution in [1.82, 2.24) is 10.2 Å². The highest BCUT2D eigenvalue weighted by Crippen LogP contribution is 2.30. The van der Waals surface area contributed by atoms with Crippen LogP contribution < -0.4 is 15.8 Å². The second kappa shape index (κ2) is 7.66. The normalized spacial score (nSPS) is 22.6. The summed E-state index contributed by atoms with van der Waals surface area (Å²) in [6.45, 7) is 1.56. The Kier molecular flexibility index (Phi) is 5.35. The lowest BCUT2D eigenvalue weighted by atomic mass is 10.00. The summed E-state index contributed by atoms with van der Waals surface area (Å²) >= 11 is 0. The van der Waals surface area contributed by atoms with Crippen molar-refractivity contribution in [2.75, 3.05) is 19.6 Å². The first-order valence-electron chi connectivity index (χ1n) is 8.71. The number of benzene rings is 1. The molecule has 2 aliphatic heterocycles. The molecule has 0 saturated carbocycles. The molecule has 0 spiro atoms. The van der Waals surface area contributed by atoms with Gasteiger partial charge in [-0.05, 0) is 30.9 Å². The third kappa shape index (κ3) is 3.70. The van der Waals surface area contributed by atoms with Crippen LogP contribution in [0.15, 0.2) is 24.3 Å². The Morgan fingerprint density at radius 3 is 2.92 bits per heavy atom. The molecule has 1 saturated heterocycles. The van der Waals surface area contributed by atoms with Crippen molar-refractivity contribution < 1.29 is 14.3 Å². The maximum Gasteiger partial charge on any atom is 0.264 e. The molecule has 2 heterocycles. The summed E-state index contributed by atoms with van der Waals surface area (Å²) in [5.74, 6) is 0.782. The lowest BCUT2D eigenvalue weighted by Gasteiger charge is -2.37. The number of nitrogens with zero attached hydrogens (tertiary/aromatic N) is 1. The number of piperidine rings is 1. The van der Waals surface area contributed by atoms with Crippen molar-refractivity contribution in [3.63, 3.8) is 0 Å². The third-order valence-electron chi connectivity index (χ3n) is 4.74. The number of para-hydroxylation sites is 1. The number of hydrogen-bond donors (Lipinski definition) is 2. The van der Waals surface area contributed by atoms with Gasteiger partial charge in [0, 0.05) is 38.5 Å². The smallest absolute Gasteiger partial charge is 0.264 e. The van der Waals surface area contributed by atoms with E-state index in [0.717, 1.165) is 37.1 Å². The molecule has 130 valence electrons. The predicted molar refractivity (Wildman–Crippen MR) is 90.6 cm³/mol. The predicted octanol–water partition coefficient (Wildman–Crippen LogP) is 0.836. The molecule has 1 aromatic rings.